The maximum atomic E-state index is 10.8. The number of rotatable bonds is 6. The Morgan fingerprint density at radius 1 is 1.21 bits per heavy atom. The summed E-state index contributed by atoms with van der Waals surface area (Å²) in [5.41, 5.74) is 2.54. The van der Waals surface area contributed by atoms with Gasteiger partial charge in [0.1, 0.15) is 5.75 Å². The van der Waals surface area contributed by atoms with Gasteiger partial charge in [-0.1, -0.05) is 35.9 Å². The smallest absolute Gasteiger partial charge is 0.304 e. The van der Waals surface area contributed by atoms with Crippen LogP contribution in [-0.4, -0.2) is 42.2 Å². The molecule has 2 aromatic rings. The highest BCUT2D eigenvalue weighted by molar-refractivity contribution is 7.98. The van der Waals surface area contributed by atoms with Crippen molar-refractivity contribution in [3.05, 3.63) is 58.6 Å². The Bertz CT molecular complexity index is 869. The predicted molar refractivity (Wildman–Crippen MR) is 120 cm³/mol. The van der Waals surface area contributed by atoms with Gasteiger partial charge in [0.15, 0.2) is 0 Å². The lowest BCUT2D eigenvalue weighted by molar-refractivity contribution is -0.137. The number of likely N-dealkylation sites (tertiary alicyclic amines) is 1. The van der Waals surface area contributed by atoms with Crippen LogP contribution in [0.3, 0.4) is 0 Å². The first-order valence-electron chi connectivity index (χ1n) is 9.63. The van der Waals surface area contributed by atoms with Crippen LogP contribution < -0.4 is 4.74 Å². The van der Waals surface area contributed by atoms with Gasteiger partial charge in [-0.3, -0.25) is 4.79 Å². The van der Waals surface area contributed by atoms with E-state index in [0.29, 0.717) is 6.54 Å². The Morgan fingerprint density at radius 3 is 2.69 bits per heavy atom. The van der Waals surface area contributed by atoms with Crippen LogP contribution in [0.5, 0.6) is 5.75 Å². The van der Waals surface area contributed by atoms with E-state index in [0.717, 1.165) is 54.6 Å². The second-order valence-electron chi connectivity index (χ2n) is 7.59. The van der Waals surface area contributed by atoms with Crippen molar-refractivity contribution in [2.45, 2.75) is 35.3 Å². The SMILES string of the molecule is Cl.O=C(O)CCN1CCC2(CC1)COc1cc(SCc3ccccc3Cl)ccc12. The molecule has 156 valence electrons. The molecule has 0 amide bonds. The number of halogens is 2. The summed E-state index contributed by atoms with van der Waals surface area (Å²) in [6.45, 7) is 3.22. The molecular formula is C22H25Cl2NO3S. The summed E-state index contributed by atoms with van der Waals surface area (Å²) < 4.78 is 6.09. The van der Waals surface area contributed by atoms with E-state index in [9.17, 15) is 4.79 Å². The Morgan fingerprint density at radius 2 is 1.97 bits per heavy atom. The zero-order chi connectivity index (χ0) is 19.6. The van der Waals surface area contributed by atoms with Gasteiger partial charge < -0.3 is 14.7 Å². The van der Waals surface area contributed by atoms with Crippen molar-refractivity contribution < 1.29 is 14.6 Å². The van der Waals surface area contributed by atoms with Crippen LogP contribution >= 0.6 is 35.8 Å². The van der Waals surface area contributed by atoms with Crippen molar-refractivity contribution in [2.75, 3.05) is 26.2 Å². The normalized spacial score (nSPS) is 17.4. The maximum absolute atomic E-state index is 10.8. The quantitative estimate of drug-likeness (QED) is 0.604. The molecule has 0 atom stereocenters. The molecule has 1 spiro atoms. The molecule has 2 aliphatic heterocycles. The number of carbonyl (C=O) groups is 1. The number of benzene rings is 2. The standard InChI is InChI=1S/C22H24ClNO3S.ClH/c23-19-4-2-1-3-16(19)14-28-17-5-6-18-20(13-17)27-15-22(18)8-11-24(12-9-22)10-7-21(25)26;/h1-6,13H,7-12,14-15H2,(H,25,26);1H. The molecule has 0 bridgehead atoms. The molecule has 1 fully saturated rings. The summed E-state index contributed by atoms with van der Waals surface area (Å²) in [4.78, 5) is 14.2. The van der Waals surface area contributed by atoms with Crippen LogP contribution in [0.15, 0.2) is 47.4 Å². The monoisotopic (exact) mass is 453 g/mol. The third kappa shape index (κ3) is 5.02. The van der Waals surface area contributed by atoms with E-state index in [2.05, 4.69) is 29.2 Å². The van der Waals surface area contributed by atoms with E-state index in [1.807, 2.05) is 18.2 Å². The molecule has 0 saturated carbocycles. The number of aliphatic carboxylic acids is 1. The van der Waals surface area contributed by atoms with Crippen LogP contribution in [0.25, 0.3) is 0 Å². The minimum atomic E-state index is -0.725. The summed E-state index contributed by atoms with van der Waals surface area (Å²) in [5, 5.41) is 9.69. The predicted octanol–water partition coefficient (Wildman–Crippen LogP) is 5.25. The van der Waals surface area contributed by atoms with E-state index in [1.54, 1.807) is 11.8 Å². The lowest BCUT2D eigenvalue weighted by atomic mass is 9.74. The van der Waals surface area contributed by atoms with Crippen molar-refractivity contribution in [2.24, 2.45) is 0 Å². The summed E-state index contributed by atoms with van der Waals surface area (Å²) in [6, 6.07) is 14.5. The Kier molecular flexibility index (Phi) is 7.38. The largest absolute Gasteiger partial charge is 0.492 e. The van der Waals surface area contributed by atoms with E-state index in [-0.39, 0.29) is 24.2 Å². The van der Waals surface area contributed by atoms with Gasteiger partial charge >= 0.3 is 5.97 Å². The number of piperidine rings is 1. The third-order valence-electron chi connectivity index (χ3n) is 5.84. The van der Waals surface area contributed by atoms with Crippen LogP contribution in [-0.2, 0) is 16.0 Å². The van der Waals surface area contributed by atoms with Gasteiger partial charge in [0.05, 0.1) is 13.0 Å². The van der Waals surface area contributed by atoms with Gasteiger partial charge in [-0.25, -0.2) is 0 Å². The third-order valence-corrected chi connectivity index (χ3v) is 7.25. The van der Waals surface area contributed by atoms with Gasteiger partial charge in [-0.2, -0.15) is 0 Å². The zero-order valence-corrected chi connectivity index (χ0v) is 18.5. The number of carboxylic acid groups (broad SMARTS) is 1. The molecule has 0 aliphatic carbocycles. The number of thioether (sulfide) groups is 1. The van der Waals surface area contributed by atoms with Crippen molar-refractivity contribution >= 4 is 41.7 Å². The number of hydrogen-bond donors (Lipinski definition) is 1. The first-order chi connectivity index (χ1) is 13.6. The number of nitrogens with zero attached hydrogens (tertiary/aromatic N) is 1. The zero-order valence-electron chi connectivity index (χ0n) is 16.1. The highest BCUT2D eigenvalue weighted by Gasteiger charge is 2.43. The minimum absolute atomic E-state index is 0. The fraction of sp³-hybridized carbons (Fsp3) is 0.409. The fourth-order valence-electron chi connectivity index (χ4n) is 4.09. The first-order valence-corrected chi connectivity index (χ1v) is 11.0. The Hall–Kier alpha value is -1.40. The molecule has 0 aromatic heterocycles. The van der Waals surface area contributed by atoms with Crippen molar-refractivity contribution in [1.82, 2.24) is 4.90 Å². The molecule has 2 heterocycles. The van der Waals surface area contributed by atoms with Gasteiger partial charge in [0.2, 0.25) is 0 Å². The minimum Gasteiger partial charge on any atom is -0.492 e. The van der Waals surface area contributed by atoms with E-state index in [1.165, 1.54) is 10.5 Å². The summed E-state index contributed by atoms with van der Waals surface area (Å²) in [6.07, 6.45) is 2.25. The van der Waals surface area contributed by atoms with Gasteiger partial charge in [-0.15, -0.1) is 24.2 Å². The van der Waals surface area contributed by atoms with Crippen molar-refractivity contribution in [3.63, 3.8) is 0 Å². The number of ether oxygens (including phenoxy) is 1. The molecule has 1 saturated heterocycles. The molecule has 0 unspecified atom stereocenters. The number of carboxylic acids is 1. The highest BCUT2D eigenvalue weighted by atomic mass is 35.5. The molecular weight excluding hydrogens is 429 g/mol. The molecule has 1 N–H and O–H groups in total. The van der Waals surface area contributed by atoms with Crippen LogP contribution in [0, 0.1) is 0 Å². The molecule has 4 rings (SSSR count). The van der Waals surface area contributed by atoms with Crippen LogP contribution in [0.4, 0.5) is 0 Å². The maximum Gasteiger partial charge on any atom is 0.304 e. The molecule has 2 aromatic carbocycles. The number of fused-ring (bicyclic) bond motifs is 2. The molecule has 2 aliphatic rings. The Labute approximate surface area is 187 Å². The topological polar surface area (TPSA) is 49.8 Å². The summed E-state index contributed by atoms with van der Waals surface area (Å²) >= 11 is 8.03. The second-order valence-corrected chi connectivity index (χ2v) is 9.05. The molecule has 0 radical (unpaired) electrons. The van der Waals surface area contributed by atoms with Crippen molar-refractivity contribution in [1.29, 1.82) is 0 Å². The van der Waals surface area contributed by atoms with Gasteiger partial charge in [0.25, 0.3) is 0 Å². The average molecular weight is 454 g/mol. The summed E-state index contributed by atoms with van der Waals surface area (Å²) in [5.74, 6) is 1.11. The van der Waals surface area contributed by atoms with E-state index < -0.39 is 5.97 Å². The van der Waals surface area contributed by atoms with Crippen LogP contribution in [0.2, 0.25) is 5.02 Å². The molecule has 7 heteroatoms. The fourth-order valence-corrected chi connectivity index (χ4v) is 5.30. The van der Waals surface area contributed by atoms with Gasteiger partial charge in [0, 0.05) is 33.2 Å². The lowest BCUT2D eigenvalue weighted by Crippen LogP contribution is -2.44. The Balaban J connectivity index is 0.00000240. The first kappa shape index (κ1) is 22.3. The lowest BCUT2D eigenvalue weighted by Gasteiger charge is -2.38. The van der Waals surface area contributed by atoms with Gasteiger partial charge in [-0.05, 0) is 49.7 Å². The average Bonchev–Trinajstić information content (AvgIpc) is 3.04. The number of hydrogen-bond acceptors (Lipinski definition) is 4. The summed E-state index contributed by atoms with van der Waals surface area (Å²) in [7, 11) is 0. The molecule has 29 heavy (non-hydrogen) atoms. The van der Waals surface area contributed by atoms with E-state index in [4.69, 9.17) is 21.4 Å². The highest BCUT2D eigenvalue weighted by Crippen LogP contribution is 2.46. The second kappa shape index (κ2) is 9.61. The van der Waals surface area contributed by atoms with Crippen LogP contribution in [0.1, 0.15) is 30.4 Å². The van der Waals surface area contributed by atoms with Crippen molar-refractivity contribution in [3.8, 4) is 5.75 Å². The van der Waals surface area contributed by atoms with E-state index >= 15 is 0 Å². The molecule has 4 nitrogen and oxygen atoms in total.